The average Bonchev–Trinajstić information content (AvgIpc) is 2.37. The molecule has 0 bridgehead atoms. The maximum atomic E-state index is 13.7. The third-order valence-corrected chi connectivity index (χ3v) is 2.49. The van der Waals surface area contributed by atoms with E-state index in [-0.39, 0.29) is 18.8 Å². The van der Waals surface area contributed by atoms with Crippen LogP contribution in [0.1, 0.15) is 12.5 Å². The molecule has 2 N–H and O–H groups in total. The van der Waals surface area contributed by atoms with E-state index in [1.165, 1.54) is 0 Å². The number of hydrogen-bond acceptors (Lipinski definition) is 5. The van der Waals surface area contributed by atoms with Gasteiger partial charge in [0.15, 0.2) is 5.82 Å². The zero-order chi connectivity index (χ0) is 16.0. The standard InChI is InChI=1S/C12H15FN2O6/c1-7(14-12(16)17)5-21-6-8-3-9(13)11(20-2)10(4-8)15(18)19/h3-4,7,14H,5-6H2,1-2H3,(H,16,17). The molecule has 0 heterocycles. The van der Waals surface area contributed by atoms with Gasteiger partial charge in [-0.05, 0) is 18.6 Å². The molecule has 0 aromatic heterocycles. The summed E-state index contributed by atoms with van der Waals surface area (Å²) in [6.07, 6.45) is -1.18. The van der Waals surface area contributed by atoms with Crippen LogP contribution in [0.2, 0.25) is 0 Å². The van der Waals surface area contributed by atoms with E-state index in [0.717, 1.165) is 19.2 Å². The van der Waals surface area contributed by atoms with Gasteiger partial charge in [-0.2, -0.15) is 0 Å². The van der Waals surface area contributed by atoms with Crippen molar-refractivity contribution in [3.8, 4) is 5.75 Å². The van der Waals surface area contributed by atoms with Crippen molar-refractivity contribution in [1.29, 1.82) is 0 Å². The number of nitro benzene ring substituents is 1. The minimum absolute atomic E-state index is 0.0494. The first kappa shape index (κ1) is 16.6. The number of halogens is 1. The van der Waals surface area contributed by atoms with Gasteiger partial charge in [-0.15, -0.1) is 0 Å². The first-order valence-corrected chi connectivity index (χ1v) is 5.93. The third kappa shape index (κ3) is 4.88. The summed E-state index contributed by atoms with van der Waals surface area (Å²) >= 11 is 0. The average molecular weight is 302 g/mol. The molecule has 9 heteroatoms. The quantitative estimate of drug-likeness (QED) is 0.588. The Morgan fingerprint density at radius 3 is 2.76 bits per heavy atom. The Hall–Kier alpha value is -2.42. The van der Waals surface area contributed by atoms with E-state index in [1.54, 1.807) is 6.92 Å². The molecule has 0 aliphatic rings. The van der Waals surface area contributed by atoms with Crippen molar-refractivity contribution in [3.05, 3.63) is 33.6 Å². The number of hydrogen-bond donors (Lipinski definition) is 2. The zero-order valence-electron chi connectivity index (χ0n) is 11.5. The lowest BCUT2D eigenvalue weighted by Gasteiger charge is -2.12. The van der Waals surface area contributed by atoms with Gasteiger partial charge in [0.1, 0.15) is 0 Å². The molecule has 1 amide bonds. The summed E-state index contributed by atoms with van der Waals surface area (Å²) in [4.78, 5) is 20.5. The van der Waals surface area contributed by atoms with Gasteiger partial charge >= 0.3 is 11.8 Å². The Morgan fingerprint density at radius 1 is 1.57 bits per heavy atom. The number of amides is 1. The molecule has 0 saturated carbocycles. The van der Waals surface area contributed by atoms with Crippen molar-refractivity contribution in [2.24, 2.45) is 0 Å². The highest BCUT2D eigenvalue weighted by atomic mass is 19.1. The number of ether oxygens (including phenoxy) is 2. The number of methoxy groups -OCH3 is 1. The molecular weight excluding hydrogens is 287 g/mol. The Bertz CT molecular complexity index is 537. The van der Waals surface area contributed by atoms with Crippen LogP contribution in [0.4, 0.5) is 14.9 Å². The molecule has 0 fully saturated rings. The van der Waals surface area contributed by atoms with Crippen LogP contribution in [0.3, 0.4) is 0 Å². The van der Waals surface area contributed by atoms with Gasteiger partial charge in [0.05, 0.1) is 31.3 Å². The molecule has 0 saturated heterocycles. The number of benzene rings is 1. The van der Waals surface area contributed by atoms with Gasteiger partial charge in [-0.1, -0.05) is 0 Å². The highest BCUT2D eigenvalue weighted by Crippen LogP contribution is 2.31. The summed E-state index contributed by atoms with van der Waals surface area (Å²) in [5, 5.41) is 21.5. The molecule has 0 aliphatic heterocycles. The van der Waals surface area contributed by atoms with Gasteiger partial charge in [-0.25, -0.2) is 9.18 Å². The molecule has 1 atom stereocenters. The highest BCUT2D eigenvalue weighted by Gasteiger charge is 2.21. The fourth-order valence-corrected chi connectivity index (χ4v) is 1.66. The van der Waals surface area contributed by atoms with E-state index in [0.29, 0.717) is 0 Å². The molecule has 0 spiro atoms. The molecule has 0 aliphatic carbocycles. The van der Waals surface area contributed by atoms with Crippen LogP contribution in [0.15, 0.2) is 12.1 Å². The number of carboxylic acid groups (broad SMARTS) is 1. The van der Waals surface area contributed by atoms with Crippen molar-refractivity contribution in [2.75, 3.05) is 13.7 Å². The predicted octanol–water partition coefficient (Wildman–Crippen LogP) is 1.92. The molecule has 21 heavy (non-hydrogen) atoms. The molecule has 1 aromatic carbocycles. The minimum Gasteiger partial charge on any atom is -0.488 e. The second-order valence-electron chi connectivity index (χ2n) is 4.25. The van der Waals surface area contributed by atoms with Crippen LogP contribution in [-0.2, 0) is 11.3 Å². The summed E-state index contributed by atoms with van der Waals surface area (Å²) in [6.45, 7) is 1.55. The van der Waals surface area contributed by atoms with Crippen molar-refractivity contribution < 1.29 is 28.7 Å². The molecule has 1 rings (SSSR count). The molecule has 0 radical (unpaired) electrons. The number of nitro groups is 1. The van der Waals surface area contributed by atoms with Crippen LogP contribution < -0.4 is 10.1 Å². The number of carbonyl (C=O) groups is 1. The van der Waals surface area contributed by atoms with Gasteiger partial charge in [0.25, 0.3) is 0 Å². The first-order chi connectivity index (χ1) is 9.85. The highest BCUT2D eigenvalue weighted by molar-refractivity contribution is 5.64. The summed E-state index contributed by atoms with van der Waals surface area (Å²) in [7, 11) is 1.14. The van der Waals surface area contributed by atoms with Crippen molar-refractivity contribution in [3.63, 3.8) is 0 Å². The first-order valence-electron chi connectivity index (χ1n) is 5.93. The lowest BCUT2D eigenvalue weighted by atomic mass is 10.2. The molecular formula is C12H15FN2O6. The smallest absolute Gasteiger partial charge is 0.404 e. The van der Waals surface area contributed by atoms with Crippen LogP contribution in [0, 0.1) is 15.9 Å². The molecule has 8 nitrogen and oxygen atoms in total. The lowest BCUT2D eigenvalue weighted by molar-refractivity contribution is -0.386. The van der Waals surface area contributed by atoms with Gasteiger partial charge in [-0.3, -0.25) is 10.1 Å². The topological polar surface area (TPSA) is 111 Å². The maximum absolute atomic E-state index is 13.7. The second-order valence-corrected chi connectivity index (χ2v) is 4.25. The Kier molecular flexibility index (Phi) is 5.85. The number of rotatable bonds is 7. The Morgan fingerprint density at radius 2 is 2.24 bits per heavy atom. The fourth-order valence-electron chi connectivity index (χ4n) is 1.66. The van der Waals surface area contributed by atoms with Crippen LogP contribution >= 0.6 is 0 Å². The largest absolute Gasteiger partial charge is 0.488 e. The predicted molar refractivity (Wildman–Crippen MR) is 69.9 cm³/mol. The van der Waals surface area contributed by atoms with Gasteiger partial charge < -0.3 is 19.9 Å². The SMILES string of the molecule is COc1c(F)cc(COCC(C)NC(=O)O)cc1[N+](=O)[O-]. The number of nitrogens with one attached hydrogen (secondary N) is 1. The van der Waals surface area contributed by atoms with E-state index in [2.05, 4.69) is 10.1 Å². The summed E-state index contributed by atoms with van der Waals surface area (Å²) in [5.41, 5.74) is -0.240. The number of nitrogens with zero attached hydrogens (tertiary/aromatic N) is 1. The van der Waals surface area contributed by atoms with Crippen LogP contribution in [0.25, 0.3) is 0 Å². The Labute approximate surface area is 119 Å². The summed E-state index contributed by atoms with van der Waals surface area (Å²) in [6, 6.07) is 1.76. The Balaban J connectivity index is 2.72. The monoisotopic (exact) mass is 302 g/mol. The summed E-state index contributed by atoms with van der Waals surface area (Å²) < 4.78 is 23.5. The van der Waals surface area contributed by atoms with E-state index in [4.69, 9.17) is 9.84 Å². The second kappa shape index (κ2) is 7.39. The van der Waals surface area contributed by atoms with Crippen molar-refractivity contribution in [2.45, 2.75) is 19.6 Å². The third-order valence-electron chi connectivity index (χ3n) is 2.49. The summed E-state index contributed by atoms with van der Waals surface area (Å²) in [5.74, 6) is -1.30. The van der Waals surface area contributed by atoms with Crippen molar-refractivity contribution in [1.82, 2.24) is 5.32 Å². The minimum atomic E-state index is -1.18. The van der Waals surface area contributed by atoms with E-state index < -0.39 is 34.3 Å². The van der Waals surface area contributed by atoms with Crippen LogP contribution in [0.5, 0.6) is 5.75 Å². The van der Waals surface area contributed by atoms with Crippen molar-refractivity contribution >= 4 is 11.8 Å². The lowest BCUT2D eigenvalue weighted by Crippen LogP contribution is -2.34. The normalized spacial score (nSPS) is 11.8. The maximum Gasteiger partial charge on any atom is 0.404 e. The zero-order valence-corrected chi connectivity index (χ0v) is 11.5. The molecule has 1 aromatic rings. The van der Waals surface area contributed by atoms with E-state index in [9.17, 15) is 19.3 Å². The molecule has 116 valence electrons. The van der Waals surface area contributed by atoms with E-state index >= 15 is 0 Å². The van der Waals surface area contributed by atoms with Gasteiger partial charge in [0.2, 0.25) is 5.75 Å². The molecule has 1 unspecified atom stereocenters. The fraction of sp³-hybridized carbons (Fsp3) is 0.417. The van der Waals surface area contributed by atoms with Gasteiger partial charge in [0, 0.05) is 6.07 Å². The van der Waals surface area contributed by atoms with Crippen LogP contribution in [-0.4, -0.2) is 35.9 Å². The van der Waals surface area contributed by atoms with E-state index in [1.807, 2.05) is 0 Å².